The van der Waals surface area contributed by atoms with Crippen molar-refractivity contribution >= 4 is 40.1 Å². The second kappa shape index (κ2) is 16.0. The van der Waals surface area contributed by atoms with Gasteiger partial charge in [0.15, 0.2) is 11.7 Å². The van der Waals surface area contributed by atoms with Gasteiger partial charge in [0.25, 0.3) is 0 Å². The molecule has 1 aromatic heterocycles. The molecule has 0 atom stereocenters. The second-order valence-electron chi connectivity index (χ2n) is 13.9. The van der Waals surface area contributed by atoms with Crippen LogP contribution in [0.2, 0.25) is 0 Å². The van der Waals surface area contributed by atoms with Crippen molar-refractivity contribution in [3.63, 3.8) is 0 Å². The predicted molar refractivity (Wildman–Crippen MR) is 240 cm³/mol. The number of rotatable bonds is 8. The van der Waals surface area contributed by atoms with Crippen molar-refractivity contribution in [1.29, 1.82) is 0 Å². The highest BCUT2D eigenvalue weighted by molar-refractivity contribution is 6.14. The van der Waals surface area contributed by atoms with Crippen LogP contribution in [0.4, 0.5) is 0 Å². The Morgan fingerprint density at radius 3 is 1.60 bits per heavy atom. The van der Waals surface area contributed by atoms with Crippen LogP contribution < -0.4 is 0 Å². The molecule has 9 rings (SSSR count). The Morgan fingerprint density at radius 2 is 0.965 bits per heavy atom. The molecule has 0 fully saturated rings. The molecular formula is C53H38N4. The summed E-state index contributed by atoms with van der Waals surface area (Å²) in [6.45, 7) is 4.39. The first-order valence-electron chi connectivity index (χ1n) is 19.1. The highest BCUT2D eigenvalue weighted by Crippen LogP contribution is 2.37. The van der Waals surface area contributed by atoms with E-state index in [1.807, 2.05) is 36.4 Å². The molecule has 0 radical (unpaired) electrons. The quantitative estimate of drug-likeness (QED) is 0.0872. The molecule has 0 amide bonds. The zero-order valence-electron chi connectivity index (χ0n) is 31.3. The van der Waals surface area contributed by atoms with E-state index in [0.29, 0.717) is 18.2 Å². The van der Waals surface area contributed by atoms with Gasteiger partial charge in [-0.2, -0.15) is 0 Å². The molecule has 0 saturated carbocycles. The van der Waals surface area contributed by atoms with Gasteiger partial charge in [0, 0.05) is 22.1 Å². The number of hydrogen-bond donors (Lipinski definition) is 0. The van der Waals surface area contributed by atoms with Gasteiger partial charge < -0.3 is 0 Å². The van der Waals surface area contributed by atoms with Crippen LogP contribution in [-0.2, 0) is 6.54 Å². The Hall–Kier alpha value is -7.56. The number of fused-ring (bicyclic) bond motifs is 3. The molecule has 270 valence electrons. The Labute approximate surface area is 333 Å². The van der Waals surface area contributed by atoms with Crippen LogP contribution in [0.5, 0.6) is 0 Å². The molecule has 0 spiro atoms. The summed E-state index contributed by atoms with van der Waals surface area (Å²) in [4.78, 5) is 19.5. The molecule has 0 aliphatic rings. The van der Waals surface area contributed by atoms with Gasteiger partial charge in [0.05, 0.1) is 17.8 Å². The zero-order chi connectivity index (χ0) is 38.4. The van der Waals surface area contributed by atoms with E-state index in [9.17, 15) is 0 Å². The van der Waals surface area contributed by atoms with Crippen molar-refractivity contribution in [2.75, 3.05) is 0 Å². The lowest BCUT2D eigenvalue weighted by Gasteiger charge is -2.13. The number of nitrogens with zero attached hydrogens (tertiary/aromatic N) is 4. The van der Waals surface area contributed by atoms with E-state index in [4.69, 9.17) is 15.0 Å². The van der Waals surface area contributed by atoms with Gasteiger partial charge in [-0.3, -0.25) is 4.99 Å². The van der Waals surface area contributed by atoms with Gasteiger partial charge in [-0.25, -0.2) is 15.0 Å². The number of hydrogen-bond acceptors (Lipinski definition) is 2. The molecule has 8 aromatic carbocycles. The molecule has 0 aliphatic carbocycles. The average molecular weight is 731 g/mol. The number of amidine groups is 2. The van der Waals surface area contributed by atoms with Crippen molar-refractivity contribution in [2.24, 2.45) is 15.0 Å². The van der Waals surface area contributed by atoms with E-state index in [-0.39, 0.29) is 0 Å². The van der Waals surface area contributed by atoms with Crippen LogP contribution >= 0.6 is 0 Å². The summed E-state index contributed by atoms with van der Waals surface area (Å²) in [6, 6.07) is 71.5. The minimum atomic E-state index is 0.499. The normalized spacial score (nSPS) is 11.9. The Morgan fingerprint density at radius 1 is 0.456 bits per heavy atom. The van der Waals surface area contributed by atoms with E-state index >= 15 is 0 Å². The van der Waals surface area contributed by atoms with Gasteiger partial charge in [0.2, 0.25) is 0 Å². The van der Waals surface area contributed by atoms with Crippen LogP contribution in [0.3, 0.4) is 0 Å². The molecule has 0 N–H and O–H groups in total. The maximum Gasteiger partial charge on any atom is 0.161 e. The van der Waals surface area contributed by atoms with Gasteiger partial charge in [-0.1, -0.05) is 194 Å². The van der Waals surface area contributed by atoms with E-state index in [1.54, 1.807) is 0 Å². The first-order valence-corrected chi connectivity index (χ1v) is 19.1. The van der Waals surface area contributed by atoms with Gasteiger partial charge in [0.1, 0.15) is 0 Å². The molecule has 0 saturated heterocycles. The number of aromatic nitrogens is 1. The fourth-order valence-corrected chi connectivity index (χ4v) is 7.32. The van der Waals surface area contributed by atoms with Crippen LogP contribution in [0.1, 0.15) is 16.7 Å². The van der Waals surface area contributed by atoms with E-state index in [0.717, 1.165) is 55.7 Å². The van der Waals surface area contributed by atoms with E-state index in [1.165, 1.54) is 27.3 Å². The van der Waals surface area contributed by atoms with Gasteiger partial charge in [-0.05, 0) is 68.6 Å². The summed E-state index contributed by atoms with van der Waals surface area (Å²) in [5, 5.41) is 3.59. The lowest BCUT2D eigenvalue weighted by molar-refractivity contribution is 1.06. The highest BCUT2D eigenvalue weighted by atomic mass is 15.0. The van der Waals surface area contributed by atoms with Crippen LogP contribution in [0, 0.1) is 0 Å². The van der Waals surface area contributed by atoms with Crippen LogP contribution in [0.25, 0.3) is 66.3 Å². The molecule has 0 bridgehead atoms. The molecule has 0 unspecified atom stereocenters. The number of aliphatic imine (C=N–C) groups is 3. The number of benzene rings is 8. The lowest BCUT2D eigenvalue weighted by Crippen LogP contribution is -2.05. The average Bonchev–Trinajstić information content (AvgIpc) is 3.30. The van der Waals surface area contributed by atoms with Gasteiger partial charge >= 0.3 is 0 Å². The van der Waals surface area contributed by atoms with Crippen LogP contribution in [0.15, 0.2) is 221 Å². The predicted octanol–water partition coefficient (Wildman–Crippen LogP) is 13.2. The van der Waals surface area contributed by atoms with Crippen molar-refractivity contribution in [1.82, 2.24) is 4.98 Å². The maximum atomic E-state index is 5.18. The van der Waals surface area contributed by atoms with Gasteiger partial charge in [-0.15, -0.1) is 0 Å². The van der Waals surface area contributed by atoms with Crippen molar-refractivity contribution in [2.45, 2.75) is 6.54 Å². The van der Waals surface area contributed by atoms with Crippen molar-refractivity contribution < 1.29 is 0 Å². The summed E-state index contributed by atoms with van der Waals surface area (Å²) in [7, 11) is 0. The monoisotopic (exact) mass is 730 g/mol. The number of pyridine rings is 1. The SMILES string of the molecule is C=NC(=NC(=NCc1ccccc1)c1ccc(-c2ccccc2)cc1)c1ccc(-c2ccc(-c3cc(-c4ccccc4)c4c(ccc5ccccc54)n3)cc2)cc1. The second-order valence-corrected chi connectivity index (χ2v) is 13.9. The Kier molecular flexibility index (Phi) is 9.89. The summed E-state index contributed by atoms with van der Waals surface area (Å²) in [6.07, 6.45) is 0. The largest absolute Gasteiger partial charge is 0.261 e. The lowest BCUT2D eigenvalue weighted by atomic mass is 9.94. The minimum absolute atomic E-state index is 0.499. The molecule has 9 aromatic rings. The third-order valence-corrected chi connectivity index (χ3v) is 10.3. The van der Waals surface area contributed by atoms with Crippen LogP contribution in [-0.4, -0.2) is 23.4 Å². The maximum absolute atomic E-state index is 5.18. The summed E-state index contributed by atoms with van der Waals surface area (Å²) >= 11 is 0. The van der Waals surface area contributed by atoms with Crippen molar-refractivity contribution in [3.8, 4) is 44.6 Å². The first kappa shape index (κ1) is 35.2. The summed E-state index contributed by atoms with van der Waals surface area (Å²) < 4.78 is 0. The molecule has 57 heavy (non-hydrogen) atoms. The fraction of sp³-hybridized carbons (Fsp3) is 0.0189. The smallest absolute Gasteiger partial charge is 0.161 e. The zero-order valence-corrected chi connectivity index (χ0v) is 31.3. The summed E-state index contributed by atoms with van der Waals surface area (Å²) in [5.74, 6) is 1.12. The Bertz CT molecular complexity index is 2880. The molecule has 1 heterocycles. The first-order chi connectivity index (χ1) is 28.2. The van der Waals surface area contributed by atoms with E-state index in [2.05, 4.69) is 182 Å². The Balaban J connectivity index is 1.01. The minimum Gasteiger partial charge on any atom is -0.261 e. The molecule has 4 heteroatoms. The fourth-order valence-electron chi connectivity index (χ4n) is 7.32. The molecular weight excluding hydrogens is 693 g/mol. The third kappa shape index (κ3) is 7.57. The van der Waals surface area contributed by atoms with E-state index < -0.39 is 0 Å². The highest BCUT2D eigenvalue weighted by Gasteiger charge is 2.14. The standard InChI is InChI=1S/C53H38N4/c1-54-52(57-53(55-36-37-13-5-2-6-14-37)46-31-25-39(26-32-46)38-15-7-3-8-16-38)45-29-23-41(24-30-45)40-21-27-44(28-22-40)50-35-48(42-17-9-4-10-18-42)51-47-20-12-11-19-43(47)33-34-49(51)56-50/h2-35H,1,36H2. The van der Waals surface area contributed by atoms with Crippen molar-refractivity contribution in [3.05, 3.63) is 223 Å². The summed E-state index contributed by atoms with van der Waals surface area (Å²) in [5.41, 5.74) is 12.7. The topological polar surface area (TPSA) is 50.0 Å². The molecule has 4 nitrogen and oxygen atoms in total. The third-order valence-electron chi connectivity index (χ3n) is 10.3. The molecule has 0 aliphatic heterocycles.